The normalized spacial score (nSPS) is 22.8. The molecule has 0 saturated carbocycles. The largest absolute Gasteiger partial charge is 0.391 e. The average Bonchev–Trinajstić information content (AvgIpc) is 3.50. The van der Waals surface area contributed by atoms with E-state index in [1.54, 1.807) is 18.7 Å². The van der Waals surface area contributed by atoms with Crippen LogP contribution in [0.4, 0.5) is 20.2 Å². The van der Waals surface area contributed by atoms with Crippen LogP contribution in [0.2, 0.25) is 0 Å². The van der Waals surface area contributed by atoms with Crippen LogP contribution in [-0.2, 0) is 20.9 Å². The van der Waals surface area contributed by atoms with E-state index in [4.69, 9.17) is 4.74 Å². The maximum atomic E-state index is 15.3. The van der Waals surface area contributed by atoms with Crippen LogP contribution >= 0.6 is 11.8 Å². The molecule has 2 saturated heterocycles. The number of rotatable bonds is 15. The molecule has 0 spiro atoms. The number of aliphatic hydroxyl groups excluding tert-OH is 1. The molecule has 3 aliphatic rings. The van der Waals surface area contributed by atoms with Gasteiger partial charge < -0.3 is 19.6 Å². The maximum absolute atomic E-state index is 15.3. The van der Waals surface area contributed by atoms with Gasteiger partial charge in [-0.3, -0.25) is 9.80 Å². The molecule has 0 radical (unpaired) electrons. The van der Waals surface area contributed by atoms with Crippen molar-refractivity contribution in [1.82, 2.24) is 10.0 Å². The molecule has 57 heavy (non-hydrogen) atoms. The van der Waals surface area contributed by atoms with Gasteiger partial charge in [0.25, 0.3) is 0 Å². The van der Waals surface area contributed by atoms with Crippen LogP contribution in [0.5, 0.6) is 0 Å². The first-order chi connectivity index (χ1) is 27.5. The van der Waals surface area contributed by atoms with Crippen LogP contribution in [0.3, 0.4) is 0 Å². The summed E-state index contributed by atoms with van der Waals surface area (Å²) in [5.74, 6) is -0.236. The lowest BCUT2D eigenvalue weighted by Gasteiger charge is -2.37. The minimum absolute atomic E-state index is 0.0573. The number of allylic oxidation sites excluding steroid dienone is 1. The SMILES string of the molecule is CCC(C=NN(C(C)=O)C(CC)C(C)O)c1ccc(N2CCN(c3ccc(CSC4CCC(CN5C=CCC(C)C=N5)(c5ccc(F)cc5F)O4)cc3)CC2)cc1. The van der Waals surface area contributed by atoms with Crippen molar-refractivity contribution in [3.05, 3.63) is 107 Å². The lowest BCUT2D eigenvalue weighted by molar-refractivity contribution is -0.133. The first-order valence-electron chi connectivity index (χ1n) is 20.4. The fraction of sp³-hybridized carbons (Fsp3) is 0.489. The van der Waals surface area contributed by atoms with Crippen molar-refractivity contribution in [1.29, 1.82) is 0 Å². The zero-order valence-electron chi connectivity index (χ0n) is 33.9. The Bertz CT molecular complexity index is 1870. The second-order valence-electron chi connectivity index (χ2n) is 15.6. The molecule has 3 aliphatic heterocycles. The second kappa shape index (κ2) is 19.5. The molecule has 1 amide bonds. The molecule has 2 fully saturated rings. The highest BCUT2D eigenvalue weighted by Gasteiger charge is 2.45. The van der Waals surface area contributed by atoms with Gasteiger partial charge in [-0.15, -0.1) is 11.8 Å². The Kier molecular flexibility index (Phi) is 14.5. The number of hydrazone groups is 2. The van der Waals surface area contributed by atoms with E-state index in [2.05, 4.69) is 88.5 Å². The van der Waals surface area contributed by atoms with Crippen LogP contribution < -0.4 is 9.80 Å². The van der Waals surface area contributed by atoms with Gasteiger partial charge in [0.2, 0.25) is 5.91 Å². The van der Waals surface area contributed by atoms with Crippen LogP contribution in [-0.4, -0.2) is 83.8 Å². The van der Waals surface area contributed by atoms with Gasteiger partial charge in [-0.1, -0.05) is 57.2 Å². The monoisotopic (exact) mass is 800 g/mol. The second-order valence-corrected chi connectivity index (χ2v) is 16.7. The predicted octanol–water partition coefficient (Wildman–Crippen LogP) is 8.89. The summed E-state index contributed by atoms with van der Waals surface area (Å²) in [5.41, 5.74) is 4.03. The van der Waals surface area contributed by atoms with E-state index in [1.807, 2.05) is 30.6 Å². The van der Waals surface area contributed by atoms with Crippen molar-refractivity contribution in [3.63, 3.8) is 0 Å². The number of anilines is 2. The number of halogens is 2. The van der Waals surface area contributed by atoms with Crippen molar-refractivity contribution in [2.24, 2.45) is 16.1 Å². The van der Waals surface area contributed by atoms with E-state index >= 15 is 4.39 Å². The van der Waals surface area contributed by atoms with Gasteiger partial charge in [0.05, 0.1) is 18.7 Å². The van der Waals surface area contributed by atoms with Gasteiger partial charge >= 0.3 is 0 Å². The Hall–Kier alpha value is -4.26. The standard InChI is InChI=1S/C45H58F2N6O3S/c1-6-36(29-49-53(34(5)55)43(7-2)33(4)54)37-12-17-40(18-13-37)51-25-23-50(24-26-51)39-15-10-35(11-16-39)30-57-44-20-21-45(56-44,41-19-14-38(46)27-42(41)47)31-52-22-8-9-32(3)28-48-52/h8,10-19,22,27-29,32-33,36,43-44,54H,6-7,9,20-21,23-26,30-31H2,1-5H3. The quantitative estimate of drug-likeness (QED) is 0.122. The summed E-state index contributed by atoms with van der Waals surface area (Å²) >= 11 is 1.71. The number of benzene rings is 3. The van der Waals surface area contributed by atoms with E-state index in [0.717, 1.165) is 62.8 Å². The summed E-state index contributed by atoms with van der Waals surface area (Å²) in [7, 11) is 0. The predicted molar refractivity (Wildman–Crippen MR) is 229 cm³/mol. The number of piperazine rings is 1. The maximum Gasteiger partial charge on any atom is 0.239 e. The highest BCUT2D eigenvalue weighted by Crippen LogP contribution is 2.45. The molecule has 6 unspecified atom stereocenters. The smallest absolute Gasteiger partial charge is 0.239 e. The molecule has 306 valence electrons. The molecule has 12 heteroatoms. The fourth-order valence-corrected chi connectivity index (χ4v) is 9.10. The topological polar surface area (TPSA) is 84.2 Å². The molecule has 1 N–H and O–H groups in total. The average molecular weight is 801 g/mol. The van der Waals surface area contributed by atoms with Crippen LogP contribution in [0.1, 0.15) is 89.3 Å². The minimum atomic E-state index is -0.941. The zero-order chi connectivity index (χ0) is 40.5. The zero-order valence-corrected chi connectivity index (χ0v) is 34.8. The molecular formula is C45H58F2N6O3S. The first-order valence-corrected chi connectivity index (χ1v) is 21.5. The Labute approximate surface area is 341 Å². The Morgan fingerprint density at radius 2 is 1.70 bits per heavy atom. The number of hydrogen-bond acceptors (Lipinski definition) is 9. The van der Waals surface area contributed by atoms with Crippen molar-refractivity contribution in [2.75, 3.05) is 42.5 Å². The summed E-state index contributed by atoms with van der Waals surface area (Å²) in [6.45, 7) is 13.3. The molecule has 0 aliphatic carbocycles. The number of aliphatic hydroxyl groups is 1. The Morgan fingerprint density at radius 1 is 1.04 bits per heavy atom. The minimum Gasteiger partial charge on any atom is -0.391 e. The van der Waals surface area contributed by atoms with E-state index in [-0.39, 0.29) is 23.3 Å². The van der Waals surface area contributed by atoms with Crippen molar-refractivity contribution < 1.29 is 23.4 Å². The summed E-state index contributed by atoms with van der Waals surface area (Å²) in [6.07, 6.45) is 10.8. The lowest BCUT2D eigenvalue weighted by Crippen LogP contribution is -2.46. The van der Waals surface area contributed by atoms with Gasteiger partial charge in [0.15, 0.2) is 0 Å². The summed E-state index contributed by atoms with van der Waals surface area (Å²) in [4.78, 5) is 17.1. The molecule has 6 rings (SSSR count). The van der Waals surface area contributed by atoms with Crippen molar-refractivity contribution in [3.8, 4) is 0 Å². The summed E-state index contributed by atoms with van der Waals surface area (Å²) in [6, 6.07) is 20.8. The number of nitrogens with zero attached hydrogens (tertiary/aromatic N) is 6. The number of hydrogen-bond donors (Lipinski definition) is 1. The van der Waals surface area contributed by atoms with Gasteiger partial charge in [-0.2, -0.15) is 10.2 Å². The van der Waals surface area contributed by atoms with Gasteiger partial charge in [-0.25, -0.2) is 13.8 Å². The van der Waals surface area contributed by atoms with E-state index in [1.165, 1.54) is 41.0 Å². The van der Waals surface area contributed by atoms with E-state index in [0.29, 0.717) is 30.9 Å². The van der Waals surface area contributed by atoms with Crippen LogP contribution in [0.25, 0.3) is 0 Å². The summed E-state index contributed by atoms with van der Waals surface area (Å²) < 4.78 is 35.9. The number of ether oxygens (including phenoxy) is 1. The lowest BCUT2D eigenvalue weighted by atomic mass is 9.90. The Balaban J connectivity index is 1.01. The van der Waals surface area contributed by atoms with Crippen molar-refractivity contribution >= 4 is 41.5 Å². The molecule has 3 heterocycles. The van der Waals surface area contributed by atoms with Gasteiger partial charge in [0.1, 0.15) is 22.7 Å². The molecule has 3 aromatic rings. The molecule has 6 atom stereocenters. The van der Waals surface area contributed by atoms with E-state index in [9.17, 15) is 14.3 Å². The number of thioether (sulfide) groups is 1. The highest BCUT2D eigenvalue weighted by molar-refractivity contribution is 7.99. The first kappa shape index (κ1) is 42.3. The fourth-order valence-electron chi connectivity index (χ4n) is 7.99. The Morgan fingerprint density at radius 3 is 2.30 bits per heavy atom. The van der Waals surface area contributed by atoms with Gasteiger partial charge in [0, 0.05) is 86.4 Å². The van der Waals surface area contributed by atoms with Gasteiger partial charge in [-0.05, 0) is 86.4 Å². The third-order valence-corrected chi connectivity index (χ3v) is 12.6. The van der Waals surface area contributed by atoms with Crippen molar-refractivity contribution in [2.45, 2.75) is 102 Å². The van der Waals surface area contributed by atoms with Crippen LogP contribution in [0, 0.1) is 17.6 Å². The third kappa shape index (κ3) is 10.6. The molecule has 0 aromatic heterocycles. The van der Waals surface area contributed by atoms with E-state index < -0.39 is 23.3 Å². The molecule has 3 aromatic carbocycles. The molecular weight excluding hydrogens is 743 g/mol. The number of carbonyl (C=O) groups is 1. The number of amides is 1. The van der Waals surface area contributed by atoms with Crippen LogP contribution in [0.15, 0.2) is 89.2 Å². The number of carbonyl (C=O) groups excluding carboxylic acids is 1. The molecule has 0 bridgehead atoms. The highest BCUT2D eigenvalue weighted by atomic mass is 32.2. The summed E-state index contributed by atoms with van der Waals surface area (Å²) in [5, 5.41) is 22.6. The molecule has 9 nitrogen and oxygen atoms in total. The third-order valence-electron chi connectivity index (χ3n) is 11.4.